The maximum Gasteiger partial charge on any atom is 1.00 e. The number of aliphatic carboxylic acids is 9. The second kappa shape index (κ2) is 35.0. The molecule has 0 fully saturated rings. The molecule has 90 heavy (non-hydrogen) atoms. The van der Waals surface area contributed by atoms with Crippen LogP contribution in [0.1, 0.15) is 49.9 Å². The number of carboxylic acid groups (broad SMARTS) is 9. The summed E-state index contributed by atoms with van der Waals surface area (Å²) in [5, 5.41) is 100. The number of fused-ring (bicyclic) bond motifs is 4. The smallest absolute Gasteiger partial charge is 0.481 e. The summed E-state index contributed by atoms with van der Waals surface area (Å²) in [6.45, 7) is 1.00. The monoisotopic (exact) mass is 1260 g/mol. The molecule has 0 radical (unpaired) electrons. The summed E-state index contributed by atoms with van der Waals surface area (Å²) in [6, 6.07) is 27.2. The van der Waals surface area contributed by atoms with E-state index in [1.807, 2.05) is 66.9 Å². The summed E-state index contributed by atoms with van der Waals surface area (Å²) < 4.78 is 0. The van der Waals surface area contributed by atoms with Gasteiger partial charge >= 0.3 is 61.3 Å². The summed E-state index contributed by atoms with van der Waals surface area (Å²) in [6.07, 6.45) is 4.04. The van der Waals surface area contributed by atoms with E-state index in [-0.39, 0.29) is 26.8 Å². The van der Waals surface area contributed by atoms with Crippen molar-refractivity contribution in [2.45, 2.75) is 75.2 Å². The highest BCUT2D eigenvalue weighted by Crippen LogP contribution is 2.27. The quantitative estimate of drug-likeness (QED) is 0.0339. The van der Waals surface area contributed by atoms with Gasteiger partial charge in [-0.05, 0) is 46.5 Å². The number of hydrogen-bond acceptors (Lipinski definition) is 19. The summed E-state index contributed by atoms with van der Waals surface area (Å²) in [4.78, 5) is 164. The Balaban J connectivity index is 0.000000559. The Bertz CT molecular complexity index is 3960. The maximum atomic E-state index is 11.3. The molecule has 4 heterocycles. The topological polar surface area (TPSA) is 594 Å². The molecular weight excluding hydrogens is 1200 g/mol. The molecule has 4 unspecified atom stereocenters. The van der Waals surface area contributed by atoms with E-state index >= 15 is 0 Å². The second-order valence-corrected chi connectivity index (χ2v) is 18.8. The molecule has 0 spiro atoms. The Morgan fingerprint density at radius 1 is 0.456 bits per heavy atom. The van der Waals surface area contributed by atoms with Crippen molar-refractivity contribution in [3.63, 3.8) is 0 Å². The molecule has 4 aromatic carbocycles. The van der Waals surface area contributed by atoms with Crippen LogP contribution in [0.2, 0.25) is 0 Å². The number of para-hydroxylation sites is 4. The molecule has 0 aliphatic heterocycles. The molecule has 0 bridgehead atoms. The van der Waals surface area contributed by atoms with Crippen LogP contribution in [0.5, 0.6) is 0 Å². The number of rotatable bonds is 22. The molecule has 8 aromatic rings. The van der Waals surface area contributed by atoms with Gasteiger partial charge in [-0.1, -0.05) is 72.8 Å². The third-order valence-electron chi connectivity index (χ3n) is 12.2. The van der Waals surface area contributed by atoms with Crippen LogP contribution in [-0.2, 0) is 97.6 Å². The van der Waals surface area contributed by atoms with E-state index in [1.54, 1.807) is 48.8 Å². The zero-order valence-corrected chi connectivity index (χ0v) is 46.8. The number of nitrogens with two attached hydrogens (primary N) is 2. The van der Waals surface area contributed by atoms with Crippen molar-refractivity contribution in [2.75, 3.05) is 0 Å². The third kappa shape index (κ3) is 23.2. The lowest BCUT2D eigenvalue weighted by atomic mass is 9.88. The van der Waals surface area contributed by atoms with E-state index < -0.39 is 119 Å². The van der Waals surface area contributed by atoms with Gasteiger partial charge in [-0.2, -0.15) is 9.59 Å². The normalized spacial score (nSPS) is 12.1. The molecule has 4 aromatic heterocycles. The van der Waals surface area contributed by atoms with Gasteiger partial charge in [0.2, 0.25) is 17.3 Å². The molecule has 19 N–H and O–H groups in total. The van der Waals surface area contributed by atoms with Crippen molar-refractivity contribution in [3.05, 3.63) is 144 Å². The fourth-order valence-electron chi connectivity index (χ4n) is 7.79. The van der Waals surface area contributed by atoms with Crippen molar-refractivity contribution in [3.8, 4) is 0 Å². The lowest BCUT2D eigenvalue weighted by molar-refractivity contribution is -0.192. The summed E-state index contributed by atoms with van der Waals surface area (Å²) in [5.74, 6) is -17.4. The van der Waals surface area contributed by atoms with Crippen molar-refractivity contribution < 1.29 is 130 Å². The first-order valence-electron chi connectivity index (χ1n) is 25.4. The van der Waals surface area contributed by atoms with Crippen LogP contribution < -0.4 is 11.5 Å². The molecule has 32 heteroatoms. The van der Waals surface area contributed by atoms with Crippen LogP contribution in [0, 0.1) is 0 Å². The Labute approximate surface area is 505 Å². The molecule has 32 nitrogen and oxygen atoms in total. The fraction of sp³-hybridized carbons (Fsp3) is 0.207. The van der Waals surface area contributed by atoms with E-state index in [2.05, 4.69) is 19.9 Å². The van der Waals surface area contributed by atoms with E-state index in [9.17, 15) is 77.6 Å². The van der Waals surface area contributed by atoms with E-state index in [0.717, 1.165) is 56.3 Å². The highest BCUT2D eigenvalue weighted by atomic mass is 16.4. The maximum absolute atomic E-state index is 11.3. The number of aromatic nitrogens is 4. The lowest BCUT2D eigenvalue weighted by Gasteiger charge is -2.24. The molecule has 476 valence electrons. The second-order valence-electron chi connectivity index (χ2n) is 18.8. The first-order valence-corrected chi connectivity index (χ1v) is 25.4. The number of hydrogen-bond donors (Lipinski definition) is 17. The summed E-state index contributed by atoms with van der Waals surface area (Å²) in [7, 11) is 0. The van der Waals surface area contributed by atoms with Gasteiger partial charge in [0, 0.05) is 107 Å². The van der Waals surface area contributed by atoms with E-state index in [4.69, 9.17) is 61.9 Å². The Morgan fingerprint density at radius 3 is 1.08 bits per heavy atom. The number of nitrogens with one attached hydrogen (secondary N) is 4. The van der Waals surface area contributed by atoms with E-state index in [0.29, 0.717) is 22.9 Å². The minimum atomic E-state index is -2.46. The van der Waals surface area contributed by atoms with Crippen LogP contribution in [0.4, 0.5) is 0 Å². The first kappa shape index (κ1) is 74.3. The van der Waals surface area contributed by atoms with Crippen LogP contribution in [0.15, 0.2) is 122 Å². The molecule has 0 aliphatic rings. The highest BCUT2D eigenvalue weighted by Gasteiger charge is 2.41. The van der Waals surface area contributed by atoms with Crippen LogP contribution in [0.25, 0.3) is 43.6 Å². The molecule has 0 saturated carbocycles. The first-order chi connectivity index (χ1) is 42.1. The number of aromatic amines is 4. The Morgan fingerprint density at radius 2 is 0.767 bits per heavy atom. The minimum absolute atomic E-state index is 0. The van der Waals surface area contributed by atoms with Crippen molar-refractivity contribution in [2.24, 2.45) is 11.5 Å². The zero-order valence-electron chi connectivity index (χ0n) is 47.8. The van der Waals surface area contributed by atoms with Gasteiger partial charge in [0.25, 0.3) is 5.78 Å². The third-order valence-corrected chi connectivity index (χ3v) is 12.2. The minimum Gasteiger partial charge on any atom is -0.481 e. The number of aliphatic hydroxyl groups is 2. The average Bonchev–Trinajstić information content (AvgIpc) is 2.06. The number of carbonyl (C=O) groups is 13. The van der Waals surface area contributed by atoms with Crippen LogP contribution in [0.3, 0.4) is 0 Å². The number of benzene rings is 4. The highest BCUT2D eigenvalue weighted by molar-refractivity contribution is 6.36. The van der Waals surface area contributed by atoms with Crippen molar-refractivity contribution in [1.29, 1.82) is 0 Å². The van der Waals surface area contributed by atoms with Gasteiger partial charge in [-0.3, -0.25) is 33.6 Å². The Kier molecular flexibility index (Phi) is 28.8. The van der Waals surface area contributed by atoms with Crippen LogP contribution in [-0.4, -0.2) is 182 Å². The van der Waals surface area contributed by atoms with Gasteiger partial charge in [0.05, 0.1) is 6.42 Å². The van der Waals surface area contributed by atoms with Gasteiger partial charge in [-0.25, -0.2) is 28.8 Å². The number of ketones is 4. The number of carboxylic acids is 9. The number of H-pyrrole nitrogens is 4. The SMILES string of the molecule is CC(=O)C(=O)O.NC(CC(O)(Cc1c[nH]c2ccccc12)C(=O)O)C(=O)O.NC(Cc1c[nH]c2ccccc12)C(=O)O.O=C(O)C(=O)CC(O)(Cc1c[nH]c2ccccc12)C(=O)O.O=C(O)C(=O)Cc1c[nH]c2ccccc12.O=C(O)CC(=O)C(=O)O.O=C=O.[H+]. The summed E-state index contributed by atoms with van der Waals surface area (Å²) in [5.41, 5.74) is 12.4. The molecule has 0 amide bonds. The molecule has 0 aliphatic carbocycles. The predicted molar refractivity (Wildman–Crippen MR) is 308 cm³/mol. The molecule has 4 atom stereocenters. The van der Waals surface area contributed by atoms with Gasteiger partial charge in [0.1, 0.15) is 18.5 Å². The Hall–Kier alpha value is -11.8. The molecule has 8 rings (SSSR count). The lowest BCUT2D eigenvalue weighted by Crippen LogP contribution is -2.48. The number of Topliss-reactive ketones (excluding diaryl/α,β-unsaturated/α-hetero) is 4. The largest absolute Gasteiger partial charge is 1.00 e. The molecule has 0 saturated heterocycles. The summed E-state index contributed by atoms with van der Waals surface area (Å²) >= 11 is 0. The van der Waals surface area contributed by atoms with Crippen LogP contribution >= 0.6 is 0 Å². The zero-order chi connectivity index (χ0) is 68.2. The fourth-order valence-corrected chi connectivity index (χ4v) is 7.79. The average molecular weight is 1260 g/mol. The van der Waals surface area contributed by atoms with Crippen molar-refractivity contribution in [1.82, 2.24) is 19.9 Å². The van der Waals surface area contributed by atoms with Gasteiger partial charge in [0.15, 0.2) is 11.2 Å². The molecular formula is C58H59N6O26+. The van der Waals surface area contributed by atoms with E-state index in [1.165, 1.54) is 6.20 Å². The van der Waals surface area contributed by atoms with Gasteiger partial charge in [-0.15, -0.1) is 0 Å². The standard InChI is InChI=1S/C14H16N2O5.C14H13NO6.C11H12N2O2.C11H9NO3.C4H4O5.C3H4O3.CO2/c15-10(12(17)18)6-14(21,13(19)20)5-8-7-16-11-4-2-1-3-9(8)11;16-11(12(17)18)6-14(21,13(19)20)5-8-7-15-10-4-2-1-3-9(8)10;12-9(11(14)15)5-7-6-13-10-4-2-1-3-8(7)10;13-10(11(14)15)5-7-6-12-9-4-2-1-3-8(7)9;5-2(4(8)9)1-3(6)7;1-2(4)3(5)6;2-1-3/h1-4,7,10,16,21H,5-6,15H2,(H,17,18)(H,19,20);1-4,7,15,21H,5-6H2,(H,17,18)(H,19,20);1-4,6,9,13H,5,12H2,(H,14,15);1-4,6,12H,5H2,(H,14,15);1H2,(H,6,7)(H,8,9);1H3,(H,5,6);/p+1. The van der Waals surface area contributed by atoms with Crippen molar-refractivity contribution >= 4 is 127 Å². The van der Waals surface area contributed by atoms with Gasteiger partial charge < -0.3 is 87.6 Å². The number of carbonyl (C=O) groups excluding carboxylic acids is 6. The predicted octanol–water partition coefficient (Wildman–Crippen LogP) is 1.69.